The van der Waals surface area contributed by atoms with Gasteiger partial charge in [0.25, 0.3) is 0 Å². The molecule has 0 spiro atoms. The predicted octanol–water partition coefficient (Wildman–Crippen LogP) is 7.29. The van der Waals surface area contributed by atoms with Crippen LogP contribution in [-0.2, 0) is 4.43 Å². The Balaban J connectivity index is 1.92. The van der Waals surface area contributed by atoms with Gasteiger partial charge in [-0.1, -0.05) is 6.07 Å². The predicted molar refractivity (Wildman–Crippen MR) is 157 cm³/mol. The highest BCUT2D eigenvalue weighted by Crippen LogP contribution is 2.29. The first-order chi connectivity index (χ1) is 24.5. The minimum Gasteiger partial charge on any atom is -0.497 e. The molecule has 0 fully saturated rings. The van der Waals surface area contributed by atoms with Gasteiger partial charge in [0, 0.05) is 12.1 Å². The van der Waals surface area contributed by atoms with Crippen molar-refractivity contribution in [1.82, 2.24) is 0 Å². The standard InChI is InChI=1S/C32H15F15NO2SSi/c1-49-13-6-4-12(5-7-13)48(11-14-3-2-10-51-14)8-9-50-52(30-24(42)18(36)15(33)19(37)25(30)43,31-26(44)20(38)16(34)21(39)27(31)45)32-28(46)22(40)17(35)23(41)29(32)47/h2-7,10-11H,8-9H2,1H3/q+1. The SMILES string of the molecule is COc1ccc([N+](=Cc2cccs2)CCO[Si](c2c(F)c(F)c(F)c(F)c2F)(c2c(F)c(F)c(F)c(F)c2F)c2c(F)c(F)c(F)c(F)c2F)cc1. The third-order valence-corrected chi connectivity index (χ3v) is 12.4. The molecule has 4 aromatic carbocycles. The van der Waals surface area contributed by atoms with E-state index in [1.807, 2.05) is 0 Å². The van der Waals surface area contributed by atoms with Gasteiger partial charge in [0.05, 0.1) is 34.2 Å². The molecule has 0 bridgehead atoms. The van der Waals surface area contributed by atoms with Crippen molar-refractivity contribution in [3.63, 3.8) is 0 Å². The molecule has 0 unspecified atom stereocenters. The van der Waals surface area contributed by atoms with Crippen LogP contribution in [0.1, 0.15) is 4.88 Å². The van der Waals surface area contributed by atoms with Crippen LogP contribution < -0.4 is 20.3 Å². The number of ether oxygens (including phenoxy) is 1. The summed E-state index contributed by atoms with van der Waals surface area (Å²) >= 11 is 1.10. The van der Waals surface area contributed by atoms with Gasteiger partial charge < -0.3 is 9.16 Å². The molecule has 20 heteroatoms. The molecule has 52 heavy (non-hydrogen) atoms. The Labute approximate surface area is 286 Å². The van der Waals surface area contributed by atoms with E-state index in [1.165, 1.54) is 48.2 Å². The van der Waals surface area contributed by atoms with Crippen LogP contribution >= 0.6 is 11.3 Å². The van der Waals surface area contributed by atoms with E-state index in [9.17, 15) is 39.5 Å². The molecule has 1 heterocycles. The first-order valence-electron chi connectivity index (χ1n) is 14.0. The average molecular weight is 791 g/mol. The van der Waals surface area contributed by atoms with E-state index in [-0.39, 0.29) is 5.69 Å². The Kier molecular flexibility index (Phi) is 10.8. The number of nitrogens with zero attached hydrogens (tertiary/aromatic N) is 1. The molecule has 274 valence electrons. The molecule has 0 saturated heterocycles. The monoisotopic (exact) mass is 790 g/mol. The smallest absolute Gasteiger partial charge is 0.306 e. The molecule has 0 N–H and O–H groups in total. The summed E-state index contributed by atoms with van der Waals surface area (Å²) in [6, 6.07) is 8.61. The van der Waals surface area contributed by atoms with E-state index < -0.39 is 124 Å². The zero-order valence-electron chi connectivity index (χ0n) is 25.4. The lowest BCUT2D eigenvalue weighted by molar-refractivity contribution is -0.437. The molecular formula is C32H15F15NO2SSi+. The van der Waals surface area contributed by atoms with Gasteiger partial charge in [0.1, 0.15) is 5.75 Å². The molecule has 5 aromatic rings. The summed E-state index contributed by atoms with van der Waals surface area (Å²) in [6.45, 7) is -2.28. The molecule has 5 rings (SSSR count). The summed E-state index contributed by atoms with van der Waals surface area (Å²) in [7, 11) is -6.15. The molecule has 0 aliphatic carbocycles. The van der Waals surface area contributed by atoms with Crippen molar-refractivity contribution in [3.05, 3.63) is 134 Å². The fourth-order valence-corrected chi connectivity index (χ4v) is 9.94. The average Bonchev–Trinajstić information content (AvgIpc) is 3.66. The minimum absolute atomic E-state index is 0.161. The zero-order valence-corrected chi connectivity index (χ0v) is 27.2. The van der Waals surface area contributed by atoms with Crippen molar-refractivity contribution in [2.75, 3.05) is 20.3 Å². The molecule has 1 aromatic heterocycles. The number of benzene rings is 4. The summed E-state index contributed by atoms with van der Waals surface area (Å²) in [5.74, 6) is -46.0. The normalized spacial score (nSPS) is 12.2. The van der Waals surface area contributed by atoms with Crippen molar-refractivity contribution in [1.29, 1.82) is 0 Å². The highest BCUT2D eigenvalue weighted by Gasteiger charge is 2.58. The second kappa shape index (κ2) is 14.7. The molecule has 0 radical (unpaired) electrons. The summed E-state index contributed by atoms with van der Waals surface area (Å²) in [4.78, 5) is 0.429. The van der Waals surface area contributed by atoms with Crippen molar-refractivity contribution < 1.29 is 79.6 Å². The fourth-order valence-electron chi connectivity index (χ4n) is 5.19. The maximum atomic E-state index is 15.7. The van der Waals surface area contributed by atoms with Crippen LogP contribution in [0.3, 0.4) is 0 Å². The Morgan fingerprint density at radius 2 is 0.904 bits per heavy atom. The lowest BCUT2D eigenvalue weighted by Crippen LogP contribution is -2.75. The van der Waals surface area contributed by atoms with E-state index in [0.29, 0.717) is 10.6 Å². The first-order valence-corrected chi connectivity index (χ1v) is 16.8. The number of thiophene rings is 1. The number of halogens is 15. The van der Waals surface area contributed by atoms with Gasteiger partial charge in [-0.15, -0.1) is 11.3 Å². The highest BCUT2D eigenvalue weighted by atomic mass is 32.1. The van der Waals surface area contributed by atoms with Crippen LogP contribution in [0.4, 0.5) is 71.5 Å². The third kappa shape index (κ3) is 6.21. The van der Waals surface area contributed by atoms with Gasteiger partial charge in [0.15, 0.2) is 82.6 Å². The number of hydrogen-bond donors (Lipinski definition) is 0. The molecular weight excluding hydrogens is 775 g/mol. The number of rotatable bonds is 10. The third-order valence-electron chi connectivity index (χ3n) is 7.57. The Morgan fingerprint density at radius 3 is 1.23 bits per heavy atom. The molecule has 0 atom stereocenters. The van der Waals surface area contributed by atoms with Crippen molar-refractivity contribution in [3.8, 4) is 5.75 Å². The fraction of sp³-hybridized carbons (Fsp3) is 0.0938. The van der Waals surface area contributed by atoms with Gasteiger partial charge in [-0.2, -0.15) is 4.58 Å². The van der Waals surface area contributed by atoms with Gasteiger partial charge in [-0.25, -0.2) is 65.9 Å². The summed E-state index contributed by atoms with van der Waals surface area (Å²) in [5.41, 5.74) is 0.161. The molecule has 0 saturated carbocycles. The van der Waals surface area contributed by atoms with Crippen molar-refractivity contribution in [2.45, 2.75) is 0 Å². The van der Waals surface area contributed by atoms with Crippen LogP contribution in [0.25, 0.3) is 0 Å². The van der Waals surface area contributed by atoms with Crippen LogP contribution in [0.5, 0.6) is 5.75 Å². The van der Waals surface area contributed by atoms with Crippen molar-refractivity contribution in [2.24, 2.45) is 0 Å². The molecule has 0 aliphatic rings. The van der Waals surface area contributed by atoms with Gasteiger partial charge in [0.2, 0.25) is 23.1 Å². The van der Waals surface area contributed by atoms with Crippen molar-refractivity contribution >= 4 is 47.1 Å². The molecule has 0 aliphatic heterocycles. The Hall–Kier alpha value is -4.82. The van der Waals surface area contributed by atoms with E-state index in [4.69, 9.17) is 9.16 Å². The second-order valence-electron chi connectivity index (χ2n) is 10.4. The molecule has 0 amide bonds. The lowest BCUT2D eigenvalue weighted by Gasteiger charge is -2.34. The highest BCUT2D eigenvalue weighted by molar-refractivity contribution is 7.11. The Morgan fingerprint density at radius 1 is 0.538 bits per heavy atom. The zero-order chi connectivity index (χ0) is 38.4. The second-order valence-corrected chi connectivity index (χ2v) is 14.5. The van der Waals surface area contributed by atoms with E-state index in [1.54, 1.807) is 11.4 Å². The van der Waals surface area contributed by atoms with Gasteiger partial charge >= 0.3 is 8.32 Å². The largest absolute Gasteiger partial charge is 0.497 e. The maximum Gasteiger partial charge on any atom is 0.306 e. The first kappa shape index (κ1) is 38.4. The minimum atomic E-state index is -7.46. The van der Waals surface area contributed by atoms with E-state index in [0.717, 1.165) is 11.3 Å². The molecule has 3 nitrogen and oxygen atoms in total. The summed E-state index contributed by atoms with van der Waals surface area (Å²) in [5, 5.41) is -6.72. The van der Waals surface area contributed by atoms with E-state index >= 15 is 26.3 Å². The number of hydrogen-bond acceptors (Lipinski definition) is 3. The Bertz CT molecular complexity index is 1980. The summed E-state index contributed by atoms with van der Waals surface area (Å²) < 4.78 is 237. The van der Waals surface area contributed by atoms with Gasteiger partial charge in [-0.05, 0) is 23.6 Å². The van der Waals surface area contributed by atoms with Crippen LogP contribution in [-0.4, -0.2) is 39.4 Å². The number of methoxy groups -OCH3 is 1. The van der Waals surface area contributed by atoms with Crippen LogP contribution in [0.15, 0.2) is 41.8 Å². The topological polar surface area (TPSA) is 21.5 Å². The maximum absolute atomic E-state index is 15.7. The van der Waals surface area contributed by atoms with Crippen LogP contribution in [0, 0.1) is 87.3 Å². The van der Waals surface area contributed by atoms with E-state index in [2.05, 4.69) is 0 Å². The lowest BCUT2D eigenvalue weighted by atomic mass is 10.3. The van der Waals surface area contributed by atoms with Crippen LogP contribution in [0.2, 0.25) is 0 Å². The van der Waals surface area contributed by atoms with Gasteiger partial charge in [-0.3, -0.25) is 0 Å². The quantitative estimate of drug-likeness (QED) is 0.0282. The summed E-state index contributed by atoms with van der Waals surface area (Å²) in [6.07, 6.45) is 1.31.